The molecule has 0 saturated heterocycles. The molecule has 0 unspecified atom stereocenters. The lowest BCUT2D eigenvalue weighted by Gasteiger charge is -2.11. The van der Waals surface area contributed by atoms with Gasteiger partial charge in [-0.25, -0.2) is 9.78 Å². The predicted octanol–water partition coefficient (Wildman–Crippen LogP) is 4.96. The second-order valence-electron chi connectivity index (χ2n) is 6.37. The molecule has 3 aromatic rings. The molecule has 1 fully saturated rings. The lowest BCUT2D eigenvalue weighted by atomic mass is 10.1. The van der Waals surface area contributed by atoms with Crippen molar-refractivity contribution in [2.24, 2.45) is 0 Å². The first-order valence-corrected chi connectivity index (χ1v) is 9.67. The van der Waals surface area contributed by atoms with Crippen molar-refractivity contribution in [2.75, 3.05) is 7.11 Å². The van der Waals surface area contributed by atoms with Gasteiger partial charge in [0.1, 0.15) is 0 Å². The average Bonchev–Trinajstić information content (AvgIpc) is 3.45. The number of carbonyl (C=O) groups excluding carboxylic acids is 1. The zero-order valence-electron chi connectivity index (χ0n) is 14.6. The first kappa shape index (κ1) is 16.9. The highest BCUT2D eigenvalue weighted by Crippen LogP contribution is 2.42. The molecule has 0 radical (unpaired) electrons. The number of nitrogens with zero attached hydrogens (tertiary/aromatic N) is 2. The van der Waals surface area contributed by atoms with Gasteiger partial charge >= 0.3 is 5.97 Å². The van der Waals surface area contributed by atoms with Crippen LogP contribution in [0.25, 0.3) is 11.3 Å². The minimum absolute atomic E-state index is 0.305. The Morgan fingerprint density at radius 3 is 2.54 bits per heavy atom. The number of imidazole rings is 1. The quantitative estimate of drug-likeness (QED) is 0.458. The van der Waals surface area contributed by atoms with Gasteiger partial charge in [-0.1, -0.05) is 54.2 Å². The highest BCUT2D eigenvalue weighted by Gasteiger charge is 2.29. The zero-order chi connectivity index (χ0) is 17.9. The van der Waals surface area contributed by atoms with Crippen LogP contribution in [0.1, 0.15) is 34.8 Å². The summed E-state index contributed by atoms with van der Waals surface area (Å²) in [5, 5.41) is 1.06. The van der Waals surface area contributed by atoms with Crippen LogP contribution in [0.2, 0.25) is 0 Å². The number of rotatable bonds is 6. The fourth-order valence-electron chi connectivity index (χ4n) is 2.96. The van der Waals surface area contributed by atoms with Crippen LogP contribution in [0, 0.1) is 0 Å². The molecule has 132 valence electrons. The van der Waals surface area contributed by atoms with Gasteiger partial charge in [0.25, 0.3) is 0 Å². The number of benzene rings is 2. The summed E-state index contributed by atoms with van der Waals surface area (Å²) in [4.78, 5) is 16.2. The van der Waals surface area contributed by atoms with E-state index in [0.29, 0.717) is 11.6 Å². The van der Waals surface area contributed by atoms with Crippen LogP contribution in [-0.4, -0.2) is 22.6 Å². The summed E-state index contributed by atoms with van der Waals surface area (Å²) in [6.45, 7) is 0. The lowest BCUT2D eigenvalue weighted by Crippen LogP contribution is -2.01. The van der Waals surface area contributed by atoms with Crippen molar-refractivity contribution < 1.29 is 9.53 Å². The smallest absolute Gasteiger partial charge is 0.337 e. The SMILES string of the molecule is COC(=O)c1ccc(CSc2ncc(-c3ccccc3)n2C2CC2)cc1. The second kappa shape index (κ2) is 7.38. The topological polar surface area (TPSA) is 44.1 Å². The van der Waals surface area contributed by atoms with Crippen molar-refractivity contribution in [3.05, 3.63) is 71.9 Å². The minimum Gasteiger partial charge on any atom is -0.465 e. The molecule has 0 aliphatic heterocycles. The molecule has 26 heavy (non-hydrogen) atoms. The summed E-state index contributed by atoms with van der Waals surface area (Å²) in [6.07, 6.45) is 4.42. The van der Waals surface area contributed by atoms with Crippen molar-refractivity contribution in [2.45, 2.75) is 29.8 Å². The molecule has 0 spiro atoms. The number of esters is 1. The Balaban J connectivity index is 1.52. The molecule has 0 N–H and O–H groups in total. The number of methoxy groups -OCH3 is 1. The largest absolute Gasteiger partial charge is 0.465 e. The third kappa shape index (κ3) is 3.53. The molecule has 0 amide bonds. The van der Waals surface area contributed by atoms with Crippen molar-refractivity contribution >= 4 is 17.7 Å². The Hall–Kier alpha value is -2.53. The number of carbonyl (C=O) groups is 1. The minimum atomic E-state index is -0.305. The number of hydrogen-bond donors (Lipinski definition) is 0. The molecule has 1 aromatic heterocycles. The van der Waals surface area contributed by atoms with Crippen molar-refractivity contribution in [3.8, 4) is 11.3 Å². The van der Waals surface area contributed by atoms with Crippen LogP contribution < -0.4 is 0 Å². The van der Waals surface area contributed by atoms with E-state index in [9.17, 15) is 4.79 Å². The van der Waals surface area contributed by atoms with Gasteiger partial charge in [0.2, 0.25) is 0 Å². The first-order valence-electron chi connectivity index (χ1n) is 8.69. The molecule has 5 heteroatoms. The summed E-state index contributed by atoms with van der Waals surface area (Å²) in [6, 6.07) is 18.6. The molecule has 4 rings (SSSR count). The van der Waals surface area contributed by atoms with Crippen molar-refractivity contribution in [1.29, 1.82) is 0 Å². The lowest BCUT2D eigenvalue weighted by molar-refractivity contribution is 0.0600. The Labute approximate surface area is 157 Å². The van der Waals surface area contributed by atoms with E-state index in [1.165, 1.54) is 31.2 Å². The van der Waals surface area contributed by atoms with Crippen molar-refractivity contribution in [3.63, 3.8) is 0 Å². The van der Waals surface area contributed by atoms with E-state index in [0.717, 1.165) is 16.5 Å². The Bertz CT molecular complexity index is 900. The van der Waals surface area contributed by atoms with E-state index in [1.54, 1.807) is 11.8 Å². The molecule has 1 saturated carbocycles. The third-order valence-electron chi connectivity index (χ3n) is 4.49. The third-order valence-corrected chi connectivity index (χ3v) is 5.53. The zero-order valence-corrected chi connectivity index (χ0v) is 15.4. The number of ether oxygens (including phenoxy) is 1. The van der Waals surface area contributed by atoms with E-state index in [2.05, 4.69) is 33.8 Å². The first-order chi connectivity index (χ1) is 12.8. The highest BCUT2D eigenvalue weighted by molar-refractivity contribution is 7.98. The molecule has 0 atom stereocenters. The summed E-state index contributed by atoms with van der Waals surface area (Å²) in [5.41, 5.74) is 4.14. The van der Waals surface area contributed by atoms with Gasteiger partial charge in [-0.2, -0.15) is 0 Å². The summed E-state index contributed by atoms with van der Waals surface area (Å²) < 4.78 is 7.12. The van der Waals surface area contributed by atoms with Crippen LogP contribution in [0.4, 0.5) is 0 Å². The van der Waals surface area contributed by atoms with Gasteiger partial charge in [-0.15, -0.1) is 0 Å². The van der Waals surface area contributed by atoms with E-state index in [4.69, 9.17) is 4.74 Å². The van der Waals surface area contributed by atoms with Crippen LogP contribution in [0.5, 0.6) is 0 Å². The normalized spacial score (nSPS) is 13.6. The monoisotopic (exact) mass is 364 g/mol. The van der Waals surface area contributed by atoms with Gasteiger partial charge in [0, 0.05) is 11.8 Å². The van der Waals surface area contributed by atoms with E-state index < -0.39 is 0 Å². The molecule has 1 heterocycles. The van der Waals surface area contributed by atoms with E-state index in [-0.39, 0.29) is 5.97 Å². The van der Waals surface area contributed by atoms with E-state index >= 15 is 0 Å². The molecular formula is C21H20N2O2S. The van der Waals surface area contributed by atoms with Crippen LogP contribution in [0.3, 0.4) is 0 Å². The van der Waals surface area contributed by atoms with Crippen LogP contribution >= 0.6 is 11.8 Å². The fourth-order valence-corrected chi connectivity index (χ4v) is 3.96. The summed E-state index contributed by atoms with van der Waals surface area (Å²) >= 11 is 1.74. The molecule has 0 bridgehead atoms. The molecule has 2 aromatic carbocycles. The summed E-state index contributed by atoms with van der Waals surface area (Å²) in [7, 11) is 1.40. The Kier molecular flexibility index (Phi) is 4.80. The molecule has 4 nitrogen and oxygen atoms in total. The van der Waals surface area contributed by atoms with E-state index in [1.807, 2.05) is 36.5 Å². The maximum atomic E-state index is 11.5. The maximum absolute atomic E-state index is 11.5. The van der Waals surface area contributed by atoms with Gasteiger partial charge < -0.3 is 9.30 Å². The Morgan fingerprint density at radius 1 is 1.15 bits per heavy atom. The van der Waals surface area contributed by atoms with Crippen LogP contribution in [0.15, 0.2) is 66.0 Å². The fraction of sp³-hybridized carbons (Fsp3) is 0.238. The van der Waals surface area contributed by atoms with Gasteiger partial charge in [0.05, 0.1) is 24.6 Å². The maximum Gasteiger partial charge on any atom is 0.337 e. The number of hydrogen-bond acceptors (Lipinski definition) is 4. The highest BCUT2D eigenvalue weighted by atomic mass is 32.2. The number of aromatic nitrogens is 2. The van der Waals surface area contributed by atoms with Crippen molar-refractivity contribution in [1.82, 2.24) is 9.55 Å². The predicted molar refractivity (Wildman–Crippen MR) is 103 cm³/mol. The summed E-state index contributed by atoms with van der Waals surface area (Å²) in [5.74, 6) is 0.514. The number of thioether (sulfide) groups is 1. The molecule has 1 aliphatic carbocycles. The standard InChI is InChI=1S/C21H20N2O2S/c1-25-20(24)17-9-7-15(8-10-17)14-26-21-22-13-19(23(21)18-11-12-18)16-5-3-2-4-6-16/h2-10,13,18H,11-12,14H2,1H3. The van der Waals surface area contributed by atoms with Crippen LogP contribution in [-0.2, 0) is 10.5 Å². The van der Waals surface area contributed by atoms with Gasteiger partial charge in [0.15, 0.2) is 5.16 Å². The molecule has 1 aliphatic rings. The van der Waals surface area contributed by atoms with Gasteiger partial charge in [-0.05, 0) is 36.1 Å². The average molecular weight is 364 g/mol. The Morgan fingerprint density at radius 2 is 1.88 bits per heavy atom. The second-order valence-corrected chi connectivity index (χ2v) is 7.31. The van der Waals surface area contributed by atoms with Gasteiger partial charge in [-0.3, -0.25) is 0 Å². The molecular weight excluding hydrogens is 344 g/mol.